The number of nitrogens with two attached hydrogens (primary N) is 1. The van der Waals surface area contributed by atoms with Crippen molar-refractivity contribution in [3.05, 3.63) is 12.2 Å². The molecule has 0 radical (unpaired) electrons. The Morgan fingerprint density at radius 1 is 1.29 bits per heavy atom. The number of hydrogen-bond acceptors (Lipinski definition) is 2. The van der Waals surface area contributed by atoms with Crippen LogP contribution in [0.25, 0.3) is 0 Å². The maximum absolute atomic E-state index is 12.1. The molecule has 1 amide bonds. The third kappa shape index (κ3) is 3.56. The smallest absolute Gasteiger partial charge is 0.223 e. The summed E-state index contributed by atoms with van der Waals surface area (Å²) in [5.74, 6) is 1.60. The van der Waals surface area contributed by atoms with Crippen molar-refractivity contribution in [3.8, 4) is 0 Å². The molecule has 1 aliphatic heterocycles. The van der Waals surface area contributed by atoms with E-state index in [-0.39, 0.29) is 0 Å². The maximum Gasteiger partial charge on any atom is 0.223 e. The summed E-state index contributed by atoms with van der Waals surface area (Å²) < 4.78 is 0. The fourth-order valence-corrected chi connectivity index (χ4v) is 2.93. The SMILES string of the molecule is NCCC1CCN(C(=O)CC2C=CCC2)CC1. The molecule has 1 heterocycles. The molecule has 0 spiro atoms. The van der Waals surface area contributed by atoms with E-state index in [1.165, 1.54) is 0 Å². The highest BCUT2D eigenvalue weighted by atomic mass is 16.2. The number of nitrogens with zero attached hydrogens (tertiary/aromatic N) is 1. The van der Waals surface area contributed by atoms with Gasteiger partial charge in [-0.05, 0) is 50.5 Å². The minimum atomic E-state index is 0.354. The van der Waals surface area contributed by atoms with Crippen LogP contribution < -0.4 is 5.73 Å². The lowest BCUT2D eigenvalue weighted by atomic mass is 9.93. The van der Waals surface area contributed by atoms with E-state index < -0.39 is 0 Å². The van der Waals surface area contributed by atoms with Gasteiger partial charge in [0.25, 0.3) is 0 Å². The zero-order valence-corrected chi connectivity index (χ0v) is 10.6. The molecule has 0 aromatic rings. The van der Waals surface area contributed by atoms with Crippen molar-refractivity contribution in [1.29, 1.82) is 0 Å². The average molecular weight is 236 g/mol. The second-order valence-electron chi connectivity index (χ2n) is 5.37. The standard InChI is InChI=1S/C14H24N2O/c15-8-5-12-6-9-16(10-7-12)14(17)11-13-3-1-2-4-13/h1,3,12-13H,2,4-11,15H2. The average Bonchev–Trinajstić information content (AvgIpc) is 2.83. The minimum Gasteiger partial charge on any atom is -0.343 e. The molecule has 2 rings (SSSR count). The van der Waals surface area contributed by atoms with Crippen molar-refractivity contribution in [1.82, 2.24) is 4.90 Å². The van der Waals surface area contributed by atoms with E-state index in [0.29, 0.717) is 11.8 Å². The molecule has 0 aromatic carbocycles. The molecule has 1 saturated heterocycles. The van der Waals surface area contributed by atoms with Gasteiger partial charge in [-0.25, -0.2) is 0 Å². The van der Waals surface area contributed by atoms with Crippen LogP contribution in [-0.2, 0) is 4.79 Å². The van der Waals surface area contributed by atoms with Gasteiger partial charge in [0, 0.05) is 19.5 Å². The lowest BCUT2D eigenvalue weighted by molar-refractivity contribution is -0.133. The Morgan fingerprint density at radius 3 is 2.65 bits per heavy atom. The highest BCUT2D eigenvalue weighted by molar-refractivity contribution is 5.76. The number of amides is 1. The molecule has 2 N–H and O–H groups in total. The van der Waals surface area contributed by atoms with Gasteiger partial charge in [-0.1, -0.05) is 12.2 Å². The Balaban J connectivity index is 1.72. The Morgan fingerprint density at radius 2 is 2.06 bits per heavy atom. The van der Waals surface area contributed by atoms with Crippen LogP contribution in [0.1, 0.15) is 38.5 Å². The number of carbonyl (C=O) groups excluding carboxylic acids is 1. The second-order valence-corrected chi connectivity index (χ2v) is 5.37. The molecule has 0 bridgehead atoms. The number of likely N-dealkylation sites (tertiary alicyclic amines) is 1. The summed E-state index contributed by atoms with van der Waals surface area (Å²) in [4.78, 5) is 14.1. The fourth-order valence-electron chi connectivity index (χ4n) is 2.93. The van der Waals surface area contributed by atoms with Crippen LogP contribution in [0.15, 0.2) is 12.2 Å². The van der Waals surface area contributed by atoms with Gasteiger partial charge in [0.1, 0.15) is 0 Å². The van der Waals surface area contributed by atoms with Crippen molar-refractivity contribution in [2.24, 2.45) is 17.6 Å². The van der Waals surface area contributed by atoms with Crippen LogP contribution in [0.2, 0.25) is 0 Å². The lowest BCUT2D eigenvalue weighted by Gasteiger charge is -2.32. The van der Waals surface area contributed by atoms with Gasteiger partial charge in [-0.3, -0.25) is 4.79 Å². The fraction of sp³-hybridized carbons (Fsp3) is 0.786. The molecule has 1 fully saturated rings. The van der Waals surface area contributed by atoms with Gasteiger partial charge in [0.05, 0.1) is 0 Å². The van der Waals surface area contributed by atoms with Crippen molar-refractivity contribution >= 4 is 5.91 Å². The third-order valence-electron chi connectivity index (χ3n) is 4.09. The van der Waals surface area contributed by atoms with Crippen molar-refractivity contribution in [2.45, 2.75) is 38.5 Å². The van der Waals surface area contributed by atoms with Crippen LogP contribution in [0, 0.1) is 11.8 Å². The van der Waals surface area contributed by atoms with Crippen LogP contribution in [0.5, 0.6) is 0 Å². The molecule has 1 unspecified atom stereocenters. The first-order valence-electron chi connectivity index (χ1n) is 6.94. The molecular weight excluding hydrogens is 212 g/mol. The van der Waals surface area contributed by atoms with E-state index in [2.05, 4.69) is 17.1 Å². The van der Waals surface area contributed by atoms with Gasteiger partial charge >= 0.3 is 0 Å². The second kappa shape index (κ2) is 6.20. The highest BCUT2D eigenvalue weighted by Crippen LogP contribution is 2.24. The maximum atomic E-state index is 12.1. The molecule has 2 aliphatic rings. The first-order valence-corrected chi connectivity index (χ1v) is 6.94. The Labute approximate surface area is 104 Å². The monoisotopic (exact) mass is 236 g/mol. The van der Waals surface area contributed by atoms with Gasteiger partial charge in [0.2, 0.25) is 5.91 Å². The Bertz CT molecular complexity index is 280. The quantitative estimate of drug-likeness (QED) is 0.758. The third-order valence-corrected chi connectivity index (χ3v) is 4.09. The van der Waals surface area contributed by atoms with Crippen molar-refractivity contribution in [2.75, 3.05) is 19.6 Å². The first-order chi connectivity index (χ1) is 8.29. The number of hydrogen-bond donors (Lipinski definition) is 1. The van der Waals surface area contributed by atoms with Gasteiger partial charge in [-0.2, -0.15) is 0 Å². The van der Waals surface area contributed by atoms with Gasteiger partial charge in [0.15, 0.2) is 0 Å². The van der Waals surface area contributed by atoms with Crippen LogP contribution >= 0.6 is 0 Å². The molecule has 96 valence electrons. The predicted molar refractivity (Wildman–Crippen MR) is 69.5 cm³/mol. The summed E-state index contributed by atoms with van der Waals surface area (Å²) in [6.45, 7) is 2.67. The first kappa shape index (κ1) is 12.6. The normalized spacial score (nSPS) is 25.5. The van der Waals surface area contributed by atoms with E-state index in [1.807, 2.05) is 0 Å². The van der Waals surface area contributed by atoms with E-state index in [0.717, 1.165) is 64.1 Å². The molecule has 0 aromatic heterocycles. The number of carbonyl (C=O) groups is 1. The molecule has 17 heavy (non-hydrogen) atoms. The number of allylic oxidation sites excluding steroid dienone is 2. The van der Waals surface area contributed by atoms with Crippen molar-refractivity contribution in [3.63, 3.8) is 0 Å². The van der Waals surface area contributed by atoms with Crippen molar-refractivity contribution < 1.29 is 4.79 Å². The van der Waals surface area contributed by atoms with E-state index in [9.17, 15) is 4.79 Å². The summed E-state index contributed by atoms with van der Waals surface area (Å²) in [6.07, 6.45) is 10.8. The zero-order valence-electron chi connectivity index (χ0n) is 10.6. The van der Waals surface area contributed by atoms with Crippen LogP contribution in [0.3, 0.4) is 0 Å². The number of rotatable bonds is 4. The minimum absolute atomic E-state index is 0.354. The Kier molecular flexibility index (Phi) is 4.60. The topological polar surface area (TPSA) is 46.3 Å². The molecule has 0 saturated carbocycles. The van der Waals surface area contributed by atoms with Gasteiger partial charge in [-0.15, -0.1) is 0 Å². The number of piperidine rings is 1. The summed E-state index contributed by atoms with van der Waals surface area (Å²) in [5.41, 5.74) is 5.57. The van der Waals surface area contributed by atoms with Gasteiger partial charge < -0.3 is 10.6 Å². The molecule has 1 aliphatic carbocycles. The summed E-state index contributed by atoms with van der Waals surface area (Å²) in [5, 5.41) is 0. The van der Waals surface area contributed by atoms with Crippen LogP contribution in [0.4, 0.5) is 0 Å². The van der Waals surface area contributed by atoms with E-state index in [4.69, 9.17) is 5.73 Å². The van der Waals surface area contributed by atoms with E-state index in [1.54, 1.807) is 0 Å². The molecule has 3 heteroatoms. The zero-order chi connectivity index (χ0) is 12.1. The summed E-state index contributed by atoms with van der Waals surface area (Å²) in [7, 11) is 0. The van der Waals surface area contributed by atoms with E-state index >= 15 is 0 Å². The molecule has 1 atom stereocenters. The lowest BCUT2D eigenvalue weighted by Crippen LogP contribution is -2.39. The predicted octanol–water partition coefficient (Wildman–Crippen LogP) is 1.93. The summed E-state index contributed by atoms with van der Waals surface area (Å²) in [6, 6.07) is 0. The van der Waals surface area contributed by atoms with Crippen LogP contribution in [-0.4, -0.2) is 30.4 Å². The Hall–Kier alpha value is -0.830. The highest BCUT2D eigenvalue weighted by Gasteiger charge is 2.24. The molecule has 3 nitrogen and oxygen atoms in total. The largest absolute Gasteiger partial charge is 0.343 e. The molecular formula is C14H24N2O. The summed E-state index contributed by atoms with van der Waals surface area (Å²) >= 11 is 0.